The van der Waals surface area contributed by atoms with Crippen LogP contribution in [0, 0.1) is 11.3 Å². The Morgan fingerprint density at radius 2 is 1.92 bits per heavy atom. The van der Waals surface area contributed by atoms with Gasteiger partial charge in [0.25, 0.3) is 0 Å². The number of Topliss-reactive ketones (excluding diaryl/α,β-unsaturated/α-hetero) is 1. The van der Waals surface area contributed by atoms with E-state index in [1.165, 1.54) is 12.0 Å². The predicted octanol–water partition coefficient (Wildman–Crippen LogP) is 5.28. The summed E-state index contributed by atoms with van der Waals surface area (Å²) in [5.41, 5.74) is 0.115. The van der Waals surface area contributed by atoms with Crippen molar-refractivity contribution in [3.8, 4) is 0 Å². The minimum atomic E-state index is -0.128. The Bertz CT molecular complexity index is 558. The molecule has 0 aliphatic heterocycles. The molecular weight excluding hydrogens is 332 g/mol. The number of carbonyl (C=O) groups excluding carboxylic acids is 2. The van der Waals surface area contributed by atoms with Crippen LogP contribution in [0.15, 0.2) is 35.2 Å². The quantitative estimate of drug-likeness (QED) is 0.323. The molecule has 2 unspecified atom stereocenters. The highest BCUT2D eigenvalue weighted by molar-refractivity contribution is 7.99. The number of ketones is 1. The number of methoxy groups -OCH3 is 1. The molecule has 4 heteroatoms. The van der Waals surface area contributed by atoms with Gasteiger partial charge in [-0.25, -0.2) is 0 Å². The SMILES string of the molecule is COC(=O)CCCCCCC1C(=O)CCC1(C)CSc1ccccc1. The largest absolute Gasteiger partial charge is 0.469 e. The molecule has 0 saturated heterocycles. The van der Waals surface area contributed by atoms with Crippen LogP contribution < -0.4 is 0 Å². The first-order valence-electron chi connectivity index (χ1n) is 9.32. The molecular formula is C21H30O3S. The fourth-order valence-corrected chi connectivity index (χ4v) is 4.86. The number of rotatable bonds is 10. The second-order valence-corrected chi connectivity index (χ2v) is 8.35. The number of ether oxygens (including phenoxy) is 1. The van der Waals surface area contributed by atoms with Gasteiger partial charge in [-0.15, -0.1) is 11.8 Å². The van der Waals surface area contributed by atoms with Crippen LogP contribution >= 0.6 is 11.8 Å². The van der Waals surface area contributed by atoms with Crippen LogP contribution in [0.3, 0.4) is 0 Å². The van der Waals surface area contributed by atoms with Gasteiger partial charge in [0.05, 0.1) is 7.11 Å². The van der Waals surface area contributed by atoms with Gasteiger partial charge in [-0.3, -0.25) is 9.59 Å². The van der Waals surface area contributed by atoms with Gasteiger partial charge < -0.3 is 4.74 Å². The third-order valence-corrected chi connectivity index (χ3v) is 6.74. The molecule has 1 aliphatic carbocycles. The molecule has 1 aromatic rings. The van der Waals surface area contributed by atoms with E-state index in [2.05, 4.69) is 35.9 Å². The smallest absolute Gasteiger partial charge is 0.305 e. The second kappa shape index (κ2) is 10.0. The number of carbonyl (C=O) groups is 2. The summed E-state index contributed by atoms with van der Waals surface area (Å²) >= 11 is 1.87. The Morgan fingerprint density at radius 1 is 1.20 bits per heavy atom. The zero-order chi connectivity index (χ0) is 18.1. The third-order valence-electron chi connectivity index (χ3n) is 5.34. The van der Waals surface area contributed by atoms with Gasteiger partial charge >= 0.3 is 5.97 Å². The lowest BCUT2D eigenvalue weighted by Gasteiger charge is -2.30. The number of hydrogen-bond donors (Lipinski definition) is 0. The Morgan fingerprint density at radius 3 is 2.64 bits per heavy atom. The standard InChI is InChI=1S/C21H30O3S/c1-21(16-25-17-10-6-5-7-11-17)15-14-19(22)18(21)12-8-3-4-9-13-20(23)24-2/h5-7,10-11,18H,3-4,8-9,12-16H2,1-2H3. The van der Waals surface area contributed by atoms with Crippen molar-refractivity contribution in [1.82, 2.24) is 0 Å². The molecule has 25 heavy (non-hydrogen) atoms. The Hall–Kier alpha value is -1.29. The normalized spacial score (nSPS) is 23.0. The molecule has 0 aromatic heterocycles. The molecule has 0 heterocycles. The van der Waals surface area contributed by atoms with Crippen LogP contribution in [-0.4, -0.2) is 24.6 Å². The molecule has 2 rings (SSSR count). The van der Waals surface area contributed by atoms with Crippen LogP contribution in [0.2, 0.25) is 0 Å². The van der Waals surface area contributed by atoms with Gasteiger partial charge in [0.2, 0.25) is 0 Å². The summed E-state index contributed by atoms with van der Waals surface area (Å²) in [6.07, 6.45) is 7.31. The molecule has 0 N–H and O–H groups in total. The number of esters is 1. The Labute approximate surface area is 155 Å². The Kier molecular flexibility index (Phi) is 8.01. The van der Waals surface area contributed by atoms with Gasteiger partial charge in [-0.2, -0.15) is 0 Å². The van der Waals surface area contributed by atoms with Crippen molar-refractivity contribution in [2.24, 2.45) is 11.3 Å². The van der Waals surface area contributed by atoms with Crippen molar-refractivity contribution >= 4 is 23.5 Å². The monoisotopic (exact) mass is 362 g/mol. The highest BCUT2D eigenvalue weighted by Crippen LogP contribution is 2.46. The van der Waals surface area contributed by atoms with Gasteiger partial charge in [-0.1, -0.05) is 44.4 Å². The Balaban J connectivity index is 1.75. The average molecular weight is 363 g/mol. The van der Waals surface area contributed by atoms with Crippen LogP contribution in [0.25, 0.3) is 0 Å². The fourth-order valence-electron chi connectivity index (χ4n) is 3.67. The van der Waals surface area contributed by atoms with Crippen LogP contribution in [0.4, 0.5) is 0 Å². The van der Waals surface area contributed by atoms with Crippen molar-refractivity contribution < 1.29 is 14.3 Å². The van der Waals surface area contributed by atoms with Crippen molar-refractivity contribution in [2.45, 2.75) is 63.2 Å². The summed E-state index contributed by atoms with van der Waals surface area (Å²) in [4.78, 5) is 24.8. The molecule has 138 valence electrons. The van der Waals surface area contributed by atoms with Crippen molar-refractivity contribution in [1.29, 1.82) is 0 Å². The van der Waals surface area contributed by atoms with E-state index in [0.717, 1.165) is 50.7 Å². The van der Waals surface area contributed by atoms with Crippen molar-refractivity contribution in [2.75, 3.05) is 12.9 Å². The summed E-state index contributed by atoms with van der Waals surface area (Å²) < 4.78 is 4.66. The first-order chi connectivity index (χ1) is 12.0. The van der Waals surface area contributed by atoms with E-state index in [0.29, 0.717) is 12.2 Å². The highest BCUT2D eigenvalue weighted by Gasteiger charge is 2.43. The second-order valence-electron chi connectivity index (χ2n) is 7.30. The summed E-state index contributed by atoms with van der Waals surface area (Å²) in [6, 6.07) is 10.4. The number of hydrogen-bond acceptors (Lipinski definition) is 4. The molecule has 0 bridgehead atoms. The predicted molar refractivity (Wildman–Crippen MR) is 103 cm³/mol. The fraction of sp³-hybridized carbons (Fsp3) is 0.619. The average Bonchev–Trinajstić information content (AvgIpc) is 2.92. The molecule has 2 atom stereocenters. The number of benzene rings is 1. The number of unbranched alkanes of at least 4 members (excludes halogenated alkanes) is 3. The topological polar surface area (TPSA) is 43.4 Å². The van der Waals surface area contributed by atoms with E-state index < -0.39 is 0 Å². The van der Waals surface area contributed by atoms with Gasteiger partial charge in [-0.05, 0) is 36.8 Å². The van der Waals surface area contributed by atoms with E-state index >= 15 is 0 Å². The van der Waals surface area contributed by atoms with Crippen molar-refractivity contribution in [3.63, 3.8) is 0 Å². The van der Waals surface area contributed by atoms with Gasteiger partial charge in [0.15, 0.2) is 0 Å². The van der Waals surface area contributed by atoms with E-state index in [4.69, 9.17) is 0 Å². The molecule has 1 fully saturated rings. The lowest BCUT2D eigenvalue weighted by molar-refractivity contribution is -0.140. The molecule has 1 aromatic carbocycles. The summed E-state index contributed by atoms with van der Waals surface area (Å²) in [7, 11) is 1.43. The van der Waals surface area contributed by atoms with Crippen LogP contribution in [0.1, 0.15) is 58.3 Å². The lowest BCUT2D eigenvalue weighted by atomic mass is 9.78. The molecule has 1 saturated carbocycles. The maximum absolute atomic E-state index is 12.4. The number of thioether (sulfide) groups is 1. The lowest BCUT2D eigenvalue weighted by Crippen LogP contribution is -2.28. The van der Waals surface area contributed by atoms with Crippen LogP contribution in [-0.2, 0) is 14.3 Å². The molecule has 0 spiro atoms. The summed E-state index contributed by atoms with van der Waals surface area (Å²) in [5, 5.41) is 0. The highest BCUT2D eigenvalue weighted by atomic mass is 32.2. The van der Waals surface area contributed by atoms with Gasteiger partial charge in [0.1, 0.15) is 5.78 Å². The van der Waals surface area contributed by atoms with Crippen molar-refractivity contribution in [3.05, 3.63) is 30.3 Å². The molecule has 0 amide bonds. The van der Waals surface area contributed by atoms with E-state index in [-0.39, 0.29) is 17.3 Å². The zero-order valence-corrected chi connectivity index (χ0v) is 16.3. The minimum Gasteiger partial charge on any atom is -0.469 e. The third kappa shape index (κ3) is 6.18. The van der Waals surface area contributed by atoms with E-state index in [9.17, 15) is 9.59 Å². The summed E-state index contributed by atoms with van der Waals surface area (Å²) in [5.74, 6) is 1.53. The van der Waals surface area contributed by atoms with E-state index in [1.807, 2.05) is 17.8 Å². The van der Waals surface area contributed by atoms with E-state index in [1.54, 1.807) is 0 Å². The summed E-state index contributed by atoms with van der Waals surface area (Å²) in [6.45, 7) is 2.29. The first-order valence-corrected chi connectivity index (χ1v) is 10.3. The maximum atomic E-state index is 12.4. The maximum Gasteiger partial charge on any atom is 0.305 e. The molecule has 0 radical (unpaired) electrons. The van der Waals surface area contributed by atoms with Crippen LogP contribution in [0.5, 0.6) is 0 Å². The van der Waals surface area contributed by atoms with Gasteiger partial charge in [0, 0.05) is 29.4 Å². The minimum absolute atomic E-state index is 0.115. The zero-order valence-electron chi connectivity index (χ0n) is 15.5. The first kappa shape index (κ1) is 20.0. The molecule has 3 nitrogen and oxygen atoms in total. The molecule has 1 aliphatic rings.